The summed E-state index contributed by atoms with van der Waals surface area (Å²) in [6.07, 6.45) is 4.97. The summed E-state index contributed by atoms with van der Waals surface area (Å²) in [5.74, 6) is -2.51. The number of hydrogen-bond donors (Lipinski definition) is 1. The molecule has 138 valence electrons. The van der Waals surface area contributed by atoms with Gasteiger partial charge >= 0.3 is 5.97 Å². The van der Waals surface area contributed by atoms with Gasteiger partial charge in [0, 0.05) is 29.4 Å². The highest BCUT2D eigenvalue weighted by molar-refractivity contribution is 7.09. The van der Waals surface area contributed by atoms with E-state index in [2.05, 4.69) is 9.97 Å². The Morgan fingerprint density at radius 2 is 1.93 bits per heavy atom. The number of halogens is 1. The number of rotatable bonds is 7. The Kier molecular flexibility index (Phi) is 5.87. The monoisotopic (exact) mass is 385 g/mol. The van der Waals surface area contributed by atoms with Gasteiger partial charge in [-0.15, -0.1) is 11.3 Å². The fraction of sp³-hybridized carbons (Fsp3) is 0.158. The molecule has 0 atom stereocenters. The zero-order chi connectivity index (χ0) is 19.2. The second-order valence-corrected chi connectivity index (χ2v) is 6.80. The molecule has 0 unspecified atom stereocenters. The number of nitrogens with zero attached hydrogens (tertiary/aromatic N) is 3. The zero-order valence-electron chi connectivity index (χ0n) is 14.2. The Bertz CT molecular complexity index is 933. The lowest BCUT2D eigenvalue weighted by atomic mass is 10.1. The van der Waals surface area contributed by atoms with Gasteiger partial charge in [0.2, 0.25) is 0 Å². The average Bonchev–Trinajstić information content (AvgIpc) is 3.18. The van der Waals surface area contributed by atoms with Crippen LogP contribution in [0.3, 0.4) is 0 Å². The maximum atomic E-state index is 14.6. The molecule has 0 saturated carbocycles. The number of hydrogen-bond acceptors (Lipinski definition) is 5. The standard InChI is InChI=1S/C19H16FN3O3S/c20-17-8-13(14-9-21-12-22-10-14)3-4-16(17)19(26)23(11-18(24)25)6-5-15-2-1-7-27-15/h1-4,7-10,12H,5-6,11H2,(H,24,25). The highest BCUT2D eigenvalue weighted by Gasteiger charge is 2.22. The molecule has 0 aliphatic heterocycles. The van der Waals surface area contributed by atoms with Gasteiger partial charge in [0.05, 0.1) is 5.56 Å². The average molecular weight is 385 g/mol. The summed E-state index contributed by atoms with van der Waals surface area (Å²) in [5.41, 5.74) is 0.992. The molecule has 6 nitrogen and oxygen atoms in total. The van der Waals surface area contributed by atoms with Crippen LogP contribution in [0.15, 0.2) is 54.4 Å². The van der Waals surface area contributed by atoms with E-state index in [0.717, 1.165) is 9.78 Å². The molecule has 1 amide bonds. The van der Waals surface area contributed by atoms with Crippen molar-refractivity contribution in [3.63, 3.8) is 0 Å². The summed E-state index contributed by atoms with van der Waals surface area (Å²) in [5, 5.41) is 11.0. The molecular weight excluding hydrogens is 369 g/mol. The lowest BCUT2D eigenvalue weighted by molar-refractivity contribution is -0.137. The van der Waals surface area contributed by atoms with Crippen LogP contribution in [-0.2, 0) is 11.2 Å². The van der Waals surface area contributed by atoms with Crippen molar-refractivity contribution in [1.82, 2.24) is 14.9 Å². The van der Waals surface area contributed by atoms with Crippen LogP contribution in [0, 0.1) is 5.82 Å². The predicted molar refractivity (Wildman–Crippen MR) is 99.0 cm³/mol. The first kappa shape index (κ1) is 18.7. The molecule has 1 aromatic carbocycles. The molecule has 2 heterocycles. The lowest BCUT2D eigenvalue weighted by Crippen LogP contribution is -2.37. The van der Waals surface area contributed by atoms with Gasteiger partial charge in [-0.25, -0.2) is 14.4 Å². The molecule has 0 fully saturated rings. The Morgan fingerprint density at radius 1 is 1.15 bits per heavy atom. The van der Waals surface area contributed by atoms with Gasteiger partial charge in [-0.05, 0) is 35.6 Å². The molecule has 0 saturated heterocycles. The van der Waals surface area contributed by atoms with Crippen molar-refractivity contribution in [2.24, 2.45) is 0 Å². The number of carbonyl (C=O) groups is 2. The quantitative estimate of drug-likeness (QED) is 0.676. The molecule has 0 bridgehead atoms. The molecule has 27 heavy (non-hydrogen) atoms. The first-order valence-electron chi connectivity index (χ1n) is 8.13. The van der Waals surface area contributed by atoms with Crippen molar-refractivity contribution < 1.29 is 19.1 Å². The van der Waals surface area contributed by atoms with Crippen LogP contribution >= 0.6 is 11.3 Å². The lowest BCUT2D eigenvalue weighted by Gasteiger charge is -2.21. The second-order valence-electron chi connectivity index (χ2n) is 5.77. The van der Waals surface area contributed by atoms with Crippen LogP contribution in [0.25, 0.3) is 11.1 Å². The highest BCUT2D eigenvalue weighted by Crippen LogP contribution is 2.21. The summed E-state index contributed by atoms with van der Waals surface area (Å²) in [4.78, 5) is 33.8. The van der Waals surface area contributed by atoms with Crippen LogP contribution in [-0.4, -0.2) is 44.9 Å². The second kappa shape index (κ2) is 8.50. The Hall–Kier alpha value is -3.13. The number of carbonyl (C=O) groups excluding carboxylic acids is 1. The number of carboxylic acid groups (broad SMARTS) is 1. The molecule has 0 radical (unpaired) electrons. The van der Waals surface area contributed by atoms with E-state index in [4.69, 9.17) is 5.11 Å². The summed E-state index contributed by atoms with van der Waals surface area (Å²) < 4.78 is 14.6. The van der Waals surface area contributed by atoms with Gasteiger partial charge in [0.1, 0.15) is 18.7 Å². The molecule has 8 heteroatoms. The largest absolute Gasteiger partial charge is 0.480 e. The van der Waals surface area contributed by atoms with Gasteiger partial charge in [-0.3, -0.25) is 9.59 Å². The first-order valence-corrected chi connectivity index (χ1v) is 9.01. The minimum atomic E-state index is -1.15. The van der Waals surface area contributed by atoms with Crippen molar-refractivity contribution in [2.75, 3.05) is 13.1 Å². The number of aromatic nitrogens is 2. The molecule has 0 spiro atoms. The van der Waals surface area contributed by atoms with Gasteiger partial charge in [-0.1, -0.05) is 12.1 Å². The maximum absolute atomic E-state index is 14.6. The van der Waals surface area contributed by atoms with E-state index in [-0.39, 0.29) is 12.1 Å². The fourth-order valence-corrected chi connectivity index (χ4v) is 3.30. The minimum absolute atomic E-state index is 0.164. The van der Waals surface area contributed by atoms with Crippen molar-refractivity contribution >= 4 is 23.2 Å². The van der Waals surface area contributed by atoms with Crippen molar-refractivity contribution in [1.29, 1.82) is 0 Å². The van der Waals surface area contributed by atoms with Crippen molar-refractivity contribution in [3.05, 3.63) is 70.7 Å². The van der Waals surface area contributed by atoms with Crippen LogP contribution in [0.5, 0.6) is 0 Å². The Morgan fingerprint density at radius 3 is 2.56 bits per heavy atom. The highest BCUT2D eigenvalue weighted by atomic mass is 32.1. The number of benzene rings is 1. The van der Waals surface area contributed by atoms with Crippen LogP contribution in [0.2, 0.25) is 0 Å². The predicted octanol–water partition coefficient (Wildman–Crippen LogP) is 3.11. The third-order valence-electron chi connectivity index (χ3n) is 3.91. The van der Waals surface area contributed by atoms with E-state index >= 15 is 0 Å². The number of amides is 1. The molecule has 1 N–H and O–H groups in total. The molecule has 0 aliphatic carbocycles. The van der Waals surface area contributed by atoms with Crippen molar-refractivity contribution in [2.45, 2.75) is 6.42 Å². The molecule has 3 aromatic rings. The van der Waals surface area contributed by atoms with Gasteiger partial charge in [-0.2, -0.15) is 0 Å². The maximum Gasteiger partial charge on any atom is 0.323 e. The summed E-state index contributed by atoms with van der Waals surface area (Å²) >= 11 is 1.52. The minimum Gasteiger partial charge on any atom is -0.480 e. The van der Waals surface area contributed by atoms with E-state index in [1.165, 1.54) is 29.8 Å². The van der Waals surface area contributed by atoms with Gasteiger partial charge < -0.3 is 10.0 Å². The molecular formula is C19H16FN3O3S. The van der Waals surface area contributed by atoms with Crippen LogP contribution < -0.4 is 0 Å². The van der Waals surface area contributed by atoms with E-state index in [1.807, 2.05) is 17.5 Å². The SMILES string of the molecule is O=C(O)CN(CCc1cccs1)C(=O)c1ccc(-c2cncnc2)cc1F. The third-order valence-corrected chi connectivity index (χ3v) is 4.85. The zero-order valence-corrected chi connectivity index (χ0v) is 15.0. The van der Waals surface area contributed by atoms with Crippen LogP contribution in [0.4, 0.5) is 4.39 Å². The number of carboxylic acids is 1. The molecule has 3 rings (SSSR count). The topological polar surface area (TPSA) is 83.4 Å². The number of aliphatic carboxylic acids is 1. The van der Waals surface area contributed by atoms with Gasteiger partial charge in [0.25, 0.3) is 5.91 Å². The number of thiophene rings is 1. The van der Waals surface area contributed by atoms with E-state index in [0.29, 0.717) is 17.5 Å². The van der Waals surface area contributed by atoms with E-state index in [9.17, 15) is 14.0 Å². The summed E-state index contributed by atoms with van der Waals surface area (Å²) in [7, 11) is 0. The normalized spacial score (nSPS) is 10.6. The first-order chi connectivity index (χ1) is 13.0. The van der Waals surface area contributed by atoms with Crippen LogP contribution in [0.1, 0.15) is 15.2 Å². The van der Waals surface area contributed by atoms with E-state index in [1.54, 1.807) is 18.5 Å². The van der Waals surface area contributed by atoms with Gasteiger partial charge in [0.15, 0.2) is 0 Å². The Labute approximate surface area is 158 Å². The third kappa shape index (κ3) is 4.73. The summed E-state index contributed by atoms with van der Waals surface area (Å²) in [6.45, 7) is -0.294. The smallest absolute Gasteiger partial charge is 0.323 e. The van der Waals surface area contributed by atoms with E-state index < -0.39 is 24.2 Å². The summed E-state index contributed by atoms with van der Waals surface area (Å²) in [6, 6.07) is 7.97. The Balaban J connectivity index is 1.81. The van der Waals surface area contributed by atoms with Crippen molar-refractivity contribution in [3.8, 4) is 11.1 Å². The fourth-order valence-electron chi connectivity index (χ4n) is 2.60. The molecule has 0 aliphatic rings. The molecule has 2 aromatic heterocycles.